The number of aliphatic hydroxyl groups excluding tert-OH is 2. The lowest BCUT2D eigenvalue weighted by molar-refractivity contribution is -0.880. The van der Waals surface area contributed by atoms with Gasteiger partial charge in [0.15, 0.2) is 0 Å². The summed E-state index contributed by atoms with van der Waals surface area (Å²) < 4.78 is 10.1. The van der Waals surface area contributed by atoms with E-state index < -0.39 is 5.95 Å². The Morgan fingerprint density at radius 3 is 2.57 bits per heavy atom. The zero-order chi connectivity index (χ0) is 41.0. The SMILES string of the molecule is CC(=C1\CCCN(C2=CC=C(c3cnn(CC45CC6(C)CC(C)(C4)CC(OCC[NH+](C)CCCO)(C6)C5)c3C)C(=C(O)O)N2)C1=N)/C(N)=N\c1nc2ccccc2s1. The number of piperidine rings is 1. The quantitative estimate of drug-likeness (QED) is 0.0617. The van der Waals surface area contributed by atoms with Gasteiger partial charge in [0, 0.05) is 48.5 Å². The summed E-state index contributed by atoms with van der Waals surface area (Å²) >= 11 is 1.47. The number of quaternary nitrogens is 1. The molecule has 0 radical (unpaired) electrons. The number of likely N-dealkylation sites (tertiary alicyclic amines) is 1. The number of rotatable bonds is 13. The number of benzene rings is 1. The molecule has 4 aliphatic carbocycles. The lowest BCUT2D eigenvalue weighted by atomic mass is 9.39. The van der Waals surface area contributed by atoms with Gasteiger partial charge < -0.3 is 40.9 Å². The Balaban J connectivity index is 1.02. The van der Waals surface area contributed by atoms with E-state index in [4.69, 9.17) is 15.6 Å². The monoisotopic (exact) mass is 810 g/mol. The Kier molecular flexibility index (Phi) is 10.6. The van der Waals surface area contributed by atoms with Crippen LogP contribution in [0.3, 0.4) is 0 Å². The largest absolute Gasteiger partial charge is 0.480 e. The molecule has 1 saturated heterocycles. The second kappa shape index (κ2) is 15.3. The smallest absolute Gasteiger partial charge is 0.299 e. The van der Waals surface area contributed by atoms with E-state index in [-0.39, 0.29) is 40.0 Å². The van der Waals surface area contributed by atoms with E-state index in [9.17, 15) is 20.7 Å². The number of hydrogen-bond donors (Lipinski definition) is 7. The number of nitrogens with two attached hydrogens (primary N) is 1. The van der Waals surface area contributed by atoms with Gasteiger partial charge in [0.2, 0.25) is 5.13 Å². The molecular formula is C44H60N9O4S+. The third kappa shape index (κ3) is 7.71. The molecule has 1 aromatic carbocycles. The van der Waals surface area contributed by atoms with Gasteiger partial charge in [-0.2, -0.15) is 5.10 Å². The van der Waals surface area contributed by atoms with Crippen molar-refractivity contribution in [3.05, 3.63) is 82.5 Å². The second-order valence-electron chi connectivity index (χ2n) is 18.7. The molecule has 0 amide bonds. The molecule has 13 nitrogen and oxygen atoms in total. The molecule has 58 heavy (non-hydrogen) atoms. The van der Waals surface area contributed by atoms with Crippen LogP contribution in [0.2, 0.25) is 0 Å². The minimum absolute atomic E-state index is 0.0481. The third-order valence-electron chi connectivity index (χ3n) is 13.4. The maximum atomic E-state index is 10.7. The van der Waals surface area contributed by atoms with E-state index >= 15 is 0 Å². The molecule has 2 aromatic heterocycles. The maximum absolute atomic E-state index is 10.7. The summed E-state index contributed by atoms with van der Waals surface area (Å²) in [5.74, 6) is 0.365. The standard InChI is InChI=1S/C44H59N9O4S/c1-28(37(45)50-40-48-33-11-6-7-12-34(33)58-40)30-10-8-16-52(38(30)46)35-14-13-31(36(49-35)39(55)56)32-20-47-53(29(32)2)27-43-22-41(3)21-42(4,23-43)25-44(24-41,26-43)57-19-17-51(5)15-9-18-54/h6-7,11-14,20,46,49,54-56H,8-10,15-19,21-27H2,1-5H3,(H2,45,48,50)/p+1/b30-28-,46-38?. The fourth-order valence-corrected chi connectivity index (χ4v) is 12.8. The number of thiazole rings is 1. The average Bonchev–Trinajstić information content (AvgIpc) is 3.73. The Labute approximate surface area is 345 Å². The molecule has 310 valence electrons. The summed E-state index contributed by atoms with van der Waals surface area (Å²) in [4.78, 5) is 12.5. The van der Waals surface area contributed by atoms with Gasteiger partial charge in [-0.15, -0.1) is 0 Å². The molecule has 6 aliphatic rings. The van der Waals surface area contributed by atoms with Crippen LogP contribution >= 0.6 is 11.3 Å². The topological polar surface area (TPSA) is 183 Å². The molecule has 9 rings (SSSR count). The van der Waals surface area contributed by atoms with Crippen LogP contribution in [0.5, 0.6) is 0 Å². The van der Waals surface area contributed by atoms with Crippen LogP contribution < -0.4 is 16.0 Å². The molecule has 3 atom stereocenters. The fourth-order valence-electron chi connectivity index (χ4n) is 12.0. The van der Waals surface area contributed by atoms with E-state index in [2.05, 4.69) is 47.8 Å². The van der Waals surface area contributed by atoms with Crippen LogP contribution in [-0.2, 0) is 11.3 Å². The van der Waals surface area contributed by atoms with Crippen LogP contribution in [-0.4, -0.2) is 92.2 Å². The summed E-state index contributed by atoms with van der Waals surface area (Å²) in [6.45, 7) is 13.1. The highest BCUT2D eigenvalue weighted by atomic mass is 32.1. The first kappa shape index (κ1) is 40.3. The van der Waals surface area contributed by atoms with Crippen molar-refractivity contribution in [1.82, 2.24) is 25.0 Å². The molecule has 4 bridgehead atoms. The molecule has 4 saturated carbocycles. The minimum Gasteiger partial charge on any atom is -0.480 e. The van der Waals surface area contributed by atoms with E-state index in [1.807, 2.05) is 54.4 Å². The summed E-state index contributed by atoms with van der Waals surface area (Å²) in [5.41, 5.74) is 11.8. The second-order valence-corrected chi connectivity index (χ2v) is 19.7. The molecule has 14 heteroatoms. The molecule has 2 aliphatic heterocycles. The van der Waals surface area contributed by atoms with Crippen LogP contribution in [0.15, 0.2) is 76.2 Å². The van der Waals surface area contributed by atoms with Gasteiger partial charge in [0.05, 0.1) is 42.2 Å². The number of aliphatic imine (C=N–C) groups is 1. The molecule has 4 heterocycles. The number of fused-ring (bicyclic) bond motifs is 1. The highest BCUT2D eigenvalue weighted by Gasteiger charge is 2.66. The summed E-state index contributed by atoms with van der Waals surface area (Å²) in [6, 6.07) is 7.88. The molecule has 5 fully saturated rings. The number of dihydropyridines is 1. The number of amidine groups is 2. The lowest BCUT2D eigenvalue weighted by Gasteiger charge is -2.69. The number of aliphatic hydroxyl groups is 3. The van der Waals surface area contributed by atoms with Crippen molar-refractivity contribution in [1.29, 1.82) is 5.41 Å². The Morgan fingerprint density at radius 1 is 1.09 bits per heavy atom. The predicted molar refractivity (Wildman–Crippen MR) is 229 cm³/mol. The maximum Gasteiger partial charge on any atom is 0.299 e. The van der Waals surface area contributed by atoms with Crippen LogP contribution in [0.25, 0.3) is 15.8 Å². The van der Waals surface area contributed by atoms with Gasteiger partial charge in [0.1, 0.15) is 29.7 Å². The number of ether oxygens (including phenoxy) is 1. The third-order valence-corrected chi connectivity index (χ3v) is 14.3. The lowest BCUT2D eigenvalue weighted by Crippen LogP contribution is -3.09. The Bertz CT molecular complexity index is 2210. The van der Waals surface area contributed by atoms with Crippen LogP contribution in [0.4, 0.5) is 5.13 Å². The number of likely N-dealkylation sites (N-methyl/N-ethyl adjacent to an activating group) is 1. The van der Waals surface area contributed by atoms with Crippen molar-refractivity contribution in [3.63, 3.8) is 0 Å². The predicted octanol–water partition coefficient (Wildman–Crippen LogP) is 6.03. The summed E-state index contributed by atoms with van der Waals surface area (Å²) in [7, 11) is 2.18. The first-order valence-electron chi connectivity index (χ1n) is 20.8. The van der Waals surface area contributed by atoms with E-state index in [0.717, 1.165) is 104 Å². The van der Waals surface area contributed by atoms with E-state index in [0.29, 0.717) is 35.3 Å². The van der Waals surface area contributed by atoms with Gasteiger partial charge in [-0.25, -0.2) is 9.98 Å². The van der Waals surface area contributed by atoms with Crippen molar-refractivity contribution in [2.45, 2.75) is 97.6 Å². The summed E-state index contributed by atoms with van der Waals surface area (Å²) in [6.07, 6.45) is 14.6. The first-order chi connectivity index (χ1) is 27.6. The molecule has 3 aromatic rings. The molecular weight excluding hydrogens is 751 g/mol. The Morgan fingerprint density at radius 2 is 1.84 bits per heavy atom. The minimum atomic E-state index is -0.823. The highest BCUT2D eigenvalue weighted by Crippen LogP contribution is 2.72. The Hall–Kier alpha value is -4.50. The summed E-state index contributed by atoms with van der Waals surface area (Å²) in [5, 5.41) is 48.7. The van der Waals surface area contributed by atoms with Crippen molar-refractivity contribution in [3.8, 4) is 0 Å². The number of nitrogens with one attached hydrogen (secondary N) is 3. The molecule has 0 spiro atoms. The van der Waals surface area contributed by atoms with Crippen molar-refractivity contribution >= 4 is 43.9 Å². The van der Waals surface area contributed by atoms with Crippen LogP contribution in [0, 0.1) is 28.6 Å². The van der Waals surface area contributed by atoms with Gasteiger partial charge in [-0.3, -0.25) is 10.1 Å². The van der Waals surface area contributed by atoms with E-state index in [1.165, 1.54) is 22.7 Å². The number of aromatic nitrogens is 3. The zero-order valence-corrected chi connectivity index (χ0v) is 35.4. The number of hydrogen-bond acceptors (Lipinski definition) is 10. The first-order valence-corrected chi connectivity index (χ1v) is 21.6. The van der Waals surface area contributed by atoms with E-state index in [1.54, 1.807) is 0 Å². The van der Waals surface area contributed by atoms with Crippen molar-refractivity contribution in [2.75, 3.05) is 39.9 Å². The number of para-hydroxylation sites is 1. The van der Waals surface area contributed by atoms with Crippen LogP contribution in [0.1, 0.15) is 89.8 Å². The number of nitrogens with zero attached hydrogens (tertiary/aromatic N) is 5. The average molecular weight is 811 g/mol. The molecule has 3 unspecified atom stereocenters. The number of allylic oxidation sites excluding steroid dienone is 3. The van der Waals surface area contributed by atoms with Crippen molar-refractivity contribution in [2.24, 2.45) is 27.0 Å². The fraction of sp³-hybridized carbons (Fsp3) is 0.545. The highest BCUT2D eigenvalue weighted by molar-refractivity contribution is 7.22. The zero-order valence-electron chi connectivity index (χ0n) is 34.6. The van der Waals surface area contributed by atoms with Gasteiger partial charge in [-0.1, -0.05) is 37.3 Å². The van der Waals surface area contributed by atoms with Gasteiger partial charge in [0.25, 0.3) is 5.95 Å². The van der Waals surface area contributed by atoms with Gasteiger partial charge in [-0.05, 0) is 111 Å². The normalized spacial score (nSPS) is 29.8. The van der Waals surface area contributed by atoms with Crippen molar-refractivity contribution < 1.29 is 25.0 Å². The molecule has 8 N–H and O–H groups in total. The van der Waals surface area contributed by atoms with Gasteiger partial charge >= 0.3 is 0 Å².